The molecule has 2 rings (SSSR count). The monoisotopic (exact) mass is 499 g/mol. The van der Waals surface area contributed by atoms with E-state index in [1.54, 1.807) is 11.3 Å². The van der Waals surface area contributed by atoms with Crippen molar-refractivity contribution in [2.45, 2.75) is 13.0 Å². The summed E-state index contributed by atoms with van der Waals surface area (Å²) in [7, 11) is 0. The average Bonchev–Trinajstić information content (AvgIpc) is 2.68. The van der Waals surface area contributed by atoms with E-state index >= 15 is 0 Å². The molecule has 0 bridgehead atoms. The van der Waals surface area contributed by atoms with Gasteiger partial charge in [0, 0.05) is 12.9 Å². The first-order chi connectivity index (χ1) is 8.61. The Labute approximate surface area is 142 Å². The van der Waals surface area contributed by atoms with Gasteiger partial charge < -0.3 is 5.32 Å². The third-order valence-electron chi connectivity index (χ3n) is 2.56. The van der Waals surface area contributed by atoms with Crippen LogP contribution in [-0.4, -0.2) is 6.54 Å². The molecule has 0 saturated carbocycles. The van der Waals surface area contributed by atoms with E-state index in [1.165, 1.54) is 14.0 Å². The van der Waals surface area contributed by atoms with Gasteiger partial charge >= 0.3 is 0 Å². The lowest BCUT2D eigenvalue weighted by Crippen LogP contribution is -2.20. The van der Waals surface area contributed by atoms with Crippen LogP contribution in [0.4, 0.5) is 0 Å². The van der Waals surface area contributed by atoms with Crippen molar-refractivity contribution in [3.8, 4) is 0 Å². The highest BCUT2D eigenvalue weighted by Gasteiger charge is 2.16. The Morgan fingerprint density at radius 3 is 2.44 bits per heavy atom. The Kier molecular flexibility index (Phi) is 5.68. The summed E-state index contributed by atoms with van der Waals surface area (Å²) in [6.45, 7) is 3.08. The van der Waals surface area contributed by atoms with Crippen molar-refractivity contribution in [2.75, 3.05) is 6.54 Å². The summed E-state index contributed by atoms with van der Waals surface area (Å²) < 4.78 is 3.53. The highest BCUT2D eigenvalue weighted by atomic mass is 127. The smallest absolute Gasteiger partial charge is 0.0843 e. The molecule has 0 spiro atoms. The van der Waals surface area contributed by atoms with Gasteiger partial charge in [0.1, 0.15) is 0 Å². The van der Waals surface area contributed by atoms with Crippen LogP contribution in [0.1, 0.15) is 23.4 Å². The first-order valence-electron chi connectivity index (χ1n) is 5.55. The number of rotatable bonds is 4. The summed E-state index contributed by atoms with van der Waals surface area (Å²) in [5, 5.41) is 3.54. The van der Waals surface area contributed by atoms with Crippen molar-refractivity contribution in [3.05, 3.63) is 52.6 Å². The normalized spacial score (nSPS) is 12.7. The van der Waals surface area contributed by atoms with Gasteiger partial charge in [-0.15, -0.1) is 11.3 Å². The molecule has 1 aromatic carbocycles. The predicted molar refractivity (Wildman–Crippen MR) is 94.4 cm³/mol. The molecule has 0 aliphatic carbocycles. The molecule has 96 valence electrons. The minimum atomic E-state index is 0.264. The Bertz CT molecular complexity index is 505. The van der Waals surface area contributed by atoms with Crippen LogP contribution in [0.25, 0.3) is 0 Å². The Morgan fingerprint density at radius 2 is 1.94 bits per heavy atom. The molecule has 0 aliphatic rings. The number of nitrogens with one attached hydrogen (secondary N) is 1. The van der Waals surface area contributed by atoms with Crippen LogP contribution in [0, 0.1) is 3.57 Å². The second-order valence-corrected chi connectivity index (χ2v) is 8.31. The van der Waals surface area contributed by atoms with Gasteiger partial charge in [0.25, 0.3) is 0 Å². The maximum Gasteiger partial charge on any atom is 0.0843 e. The van der Waals surface area contributed by atoms with Gasteiger partial charge in [0.2, 0.25) is 0 Å². The van der Waals surface area contributed by atoms with E-state index in [0.717, 1.165) is 14.8 Å². The Morgan fingerprint density at radius 1 is 1.28 bits per heavy atom. The van der Waals surface area contributed by atoms with Crippen molar-refractivity contribution in [2.24, 2.45) is 0 Å². The van der Waals surface area contributed by atoms with E-state index < -0.39 is 0 Å². The highest BCUT2D eigenvalue weighted by Crippen LogP contribution is 2.37. The fourth-order valence-corrected chi connectivity index (χ4v) is 4.30. The van der Waals surface area contributed by atoms with Gasteiger partial charge in [-0.05, 0) is 84.8 Å². The molecule has 2 aromatic rings. The van der Waals surface area contributed by atoms with Crippen LogP contribution >= 0.6 is 65.8 Å². The second-order valence-electron chi connectivity index (χ2n) is 3.81. The zero-order chi connectivity index (χ0) is 13.1. The molecule has 18 heavy (non-hydrogen) atoms. The van der Waals surface area contributed by atoms with Gasteiger partial charge in [0.05, 0.1) is 9.83 Å². The maximum absolute atomic E-state index is 3.56. The summed E-state index contributed by atoms with van der Waals surface area (Å²) in [5.41, 5.74) is 1.30. The van der Waals surface area contributed by atoms with Crippen LogP contribution in [0.3, 0.4) is 0 Å². The standard InChI is InChI=1S/C13H12Br2INS/c1-2-17-12(8-3-5-9(16)6-4-8)11-7-10(14)13(15)18-11/h3-7,12,17H,2H2,1H3. The second kappa shape index (κ2) is 6.83. The average molecular weight is 501 g/mol. The quantitative estimate of drug-likeness (QED) is 0.541. The van der Waals surface area contributed by atoms with Gasteiger partial charge in [0.15, 0.2) is 0 Å². The molecule has 0 saturated heterocycles. The number of hydrogen-bond acceptors (Lipinski definition) is 2. The van der Waals surface area contributed by atoms with Crippen molar-refractivity contribution < 1.29 is 0 Å². The van der Waals surface area contributed by atoms with Crippen molar-refractivity contribution in [1.29, 1.82) is 0 Å². The van der Waals surface area contributed by atoms with Gasteiger partial charge in [-0.2, -0.15) is 0 Å². The minimum Gasteiger partial charge on any atom is -0.306 e. The van der Waals surface area contributed by atoms with E-state index in [1.807, 2.05) is 0 Å². The van der Waals surface area contributed by atoms with Crippen molar-refractivity contribution in [3.63, 3.8) is 0 Å². The SMILES string of the molecule is CCNC(c1ccc(I)cc1)c1cc(Br)c(Br)s1. The lowest BCUT2D eigenvalue weighted by molar-refractivity contribution is 0.639. The third-order valence-corrected chi connectivity index (χ3v) is 6.60. The van der Waals surface area contributed by atoms with E-state index in [2.05, 4.69) is 97.0 Å². The Hall–Kier alpha value is 0.570. The summed E-state index contributed by atoms with van der Waals surface area (Å²) in [4.78, 5) is 1.32. The predicted octanol–water partition coefficient (Wildman–Crippen LogP) is 5.58. The number of hydrogen-bond donors (Lipinski definition) is 1. The molecule has 0 amide bonds. The molecular formula is C13H12Br2INS. The van der Waals surface area contributed by atoms with Crippen molar-refractivity contribution >= 4 is 65.8 Å². The van der Waals surface area contributed by atoms with E-state index in [9.17, 15) is 0 Å². The number of benzene rings is 1. The summed E-state index contributed by atoms with van der Waals surface area (Å²) in [6.07, 6.45) is 0. The van der Waals surface area contributed by atoms with Crippen LogP contribution in [0.5, 0.6) is 0 Å². The first kappa shape index (κ1) is 15.0. The highest BCUT2D eigenvalue weighted by molar-refractivity contribution is 14.1. The van der Waals surface area contributed by atoms with E-state index in [0.29, 0.717) is 0 Å². The molecule has 1 N–H and O–H groups in total. The maximum atomic E-state index is 3.56. The number of thiophene rings is 1. The summed E-state index contributed by atoms with van der Waals surface area (Å²) >= 11 is 11.2. The Balaban J connectivity index is 2.36. The van der Waals surface area contributed by atoms with Gasteiger partial charge in [-0.3, -0.25) is 0 Å². The summed E-state index contributed by atoms with van der Waals surface area (Å²) in [6, 6.07) is 11.1. The fraction of sp³-hybridized carbons (Fsp3) is 0.231. The fourth-order valence-electron chi connectivity index (χ4n) is 1.75. The third kappa shape index (κ3) is 3.56. The molecule has 0 fully saturated rings. The van der Waals surface area contributed by atoms with Crippen LogP contribution in [0.2, 0.25) is 0 Å². The summed E-state index contributed by atoms with van der Waals surface area (Å²) in [5.74, 6) is 0. The zero-order valence-corrected chi connectivity index (χ0v) is 15.9. The largest absolute Gasteiger partial charge is 0.306 e. The molecular weight excluding hydrogens is 489 g/mol. The van der Waals surface area contributed by atoms with Gasteiger partial charge in [-0.1, -0.05) is 19.1 Å². The van der Waals surface area contributed by atoms with E-state index in [-0.39, 0.29) is 6.04 Å². The molecule has 1 nitrogen and oxygen atoms in total. The van der Waals surface area contributed by atoms with E-state index in [4.69, 9.17) is 0 Å². The molecule has 0 aliphatic heterocycles. The van der Waals surface area contributed by atoms with Crippen LogP contribution < -0.4 is 5.32 Å². The molecule has 0 radical (unpaired) electrons. The minimum absolute atomic E-state index is 0.264. The molecule has 1 atom stereocenters. The van der Waals surface area contributed by atoms with Gasteiger partial charge in [-0.25, -0.2) is 0 Å². The lowest BCUT2D eigenvalue weighted by Gasteiger charge is -2.17. The topological polar surface area (TPSA) is 12.0 Å². The molecule has 1 aromatic heterocycles. The first-order valence-corrected chi connectivity index (χ1v) is 9.03. The molecule has 1 unspecified atom stereocenters. The lowest BCUT2D eigenvalue weighted by atomic mass is 10.1. The number of halogens is 3. The zero-order valence-electron chi connectivity index (χ0n) is 9.71. The van der Waals surface area contributed by atoms with Crippen LogP contribution in [-0.2, 0) is 0 Å². The molecule has 1 heterocycles. The molecule has 5 heteroatoms. The van der Waals surface area contributed by atoms with Crippen molar-refractivity contribution in [1.82, 2.24) is 5.32 Å². The van der Waals surface area contributed by atoms with Crippen LogP contribution in [0.15, 0.2) is 38.6 Å².